The van der Waals surface area contributed by atoms with Gasteiger partial charge in [0.15, 0.2) is 0 Å². The zero-order valence-electron chi connectivity index (χ0n) is 15.1. The van der Waals surface area contributed by atoms with Crippen LogP contribution in [0.1, 0.15) is 59.3 Å². The highest BCUT2D eigenvalue weighted by atomic mass is 16.5. The molecule has 2 aliphatic rings. The van der Waals surface area contributed by atoms with E-state index in [9.17, 15) is 9.59 Å². The summed E-state index contributed by atoms with van der Waals surface area (Å²) in [6, 6.07) is 1.29. The number of hydrogen-bond acceptors (Lipinski definition) is 4. The summed E-state index contributed by atoms with van der Waals surface area (Å²) in [5.41, 5.74) is 0. The number of hydrogen-bond donors (Lipinski definition) is 0. The van der Waals surface area contributed by atoms with Crippen molar-refractivity contribution in [2.45, 2.75) is 77.4 Å². The molecule has 2 aliphatic heterocycles. The van der Waals surface area contributed by atoms with Gasteiger partial charge in [0.1, 0.15) is 0 Å². The van der Waals surface area contributed by atoms with Gasteiger partial charge in [-0.1, -0.05) is 6.92 Å². The lowest BCUT2D eigenvalue weighted by atomic mass is 9.89. The van der Waals surface area contributed by atoms with E-state index in [2.05, 4.69) is 11.8 Å². The first kappa shape index (κ1) is 18.2. The molecule has 0 radical (unpaired) electrons. The number of methoxy groups -OCH3 is 1. The van der Waals surface area contributed by atoms with Gasteiger partial charge in [0.05, 0.1) is 13.5 Å². The Bertz CT molecular complexity index is 410. The fourth-order valence-corrected chi connectivity index (χ4v) is 4.27. The Hall–Kier alpha value is -1.10. The van der Waals surface area contributed by atoms with Gasteiger partial charge in [-0.2, -0.15) is 0 Å². The summed E-state index contributed by atoms with van der Waals surface area (Å²) in [6.07, 6.45) is 5.90. The van der Waals surface area contributed by atoms with Gasteiger partial charge in [-0.25, -0.2) is 0 Å². The molecule has 5 heteroatoms. The first-order chi connectivity index (χ1) is 11.0. The highest BCUT2D eigenvalue weighted by Gasteiger charge is 2.43. The summed E-state index contributed by atoms with van der Waals surface area (Å²) in [7, 11) is 1.39. The van der Waals surface area contributed by atoms with Gasteiger partial charge in [0, 0.05) is 30.6 Å². The number of esters is 1. The summed E-state index contributed by atoms with van der Waals surface area (Å²) < 4.78 is 4.71. The van der Waals surface area contributed by atoms with Gasteiger partial charge in [0.25, 0.3) is 0 Å². The van der Waals surface area contributed by atoms with Crippen molar-refractivity contribution in [1.29, 1.82) is 0 Å². The zero-order valence-corrected chi connectivity index (χ0v) is 15.1. The third kappa shape index (κ3) is 4.25. The Kier molecular flexibility index (Phi) is 6.45. The highest BCUT2D eigenvalue weighted by Crippen LogP contribution is 2.39. The van der Waals surface area contributed by atoms with Crippen molar-refractivity contribution in [1.82, 2.24) is 9.80 Å². The Morgan fingerprint density at radius 3 is 2.30 bits per heavy atom. The molecule has 2 saturated heterocycles. The lowest BCUT2D eigenvalue weighted by Crippen LogP contribution is -2.49. The summed E-state index contributed by atoms with van der Waals surface area (Å²) in [6.45, 7) is 7.90. The smallest absolute Gasteiger partial charge is 0.307 e. The Balaban J connectivity index is 1.97. The summed E-state index contributed by atoms with van der Waals surface area (Å²) in [5.74, 6) is 0.110. The predicted octanol–water partition coefficient (Wildman–Crippen LogP) is 2.44. The van der Waals surface area contributed by atoms with Crippen LogP contribution in [0.3, 0.4) is 0 Å². The van der Waals surface area contributed by atoms with Crippen LogP contribution in [0.4, 0.5) is 0 Å². The minimum Gasteiger partial charge on any atom is -0.469 e. The third-order valence-electron chi connectivity index (χ3n) is 5.41. The maximum Gasteiger partial charge on any atom is 0.307 e. The van der Waals surface area contributed by atoms with E-state index in [1.54, 1.807) is 0 Å². The molecule has 2 bridgehead atoms. The molecule has 132 valence electrons. The number of carbonyl (C=O) groups excluding carboxylic acids is 2. The van der Waals surface area contributed by atoms with E-state index in [0.29, 0.717) is 18.6 Å². The van der Waals surface area contributed by atoms with E-state index in [0.717, 1.165) is 19.4 Å². The van der Waals surface area contributed by atoms with Crippen molar-refractivity contribution >= 4 is 11.9 Å². The molecule has 0 saturated carbocycles. The lowest BCUT2D eigenvalue weighted by molar-refractivity contribution is -0.144. The molecule has 2 atom stereocenters. The predicted molar refractivity (Wildman–Crippen MR) is 90.0 cm³/mol. The maximum atomic E-state index is 13.0. The quantitative estimate of drug-likeness (QED) is 0.675. The third-order valence-corrected chi connectivity index (χ3v) is 5.41. The Morgan fingerprint density at radius 1 is 1.22 bits per heavy atom. The molecule has 0 spiro atoms. The van der Waals surface area contributed by atoms with Crippen LogP contribution < -0.4 is 0 Å². The van der Waals surface area contributed by atoms with E-state index in [-0.39, 0.29) is 30.3 Å². The zero-order chi connectivity index (χ0) is 17.0. The van der Waals surface area contributed by atoms with Crippen molar-refractivity contribution in [3.63, 3.8) is 0 Å². The van der Waals surface area contributed by atoms with Crippen LogP contribution in [-0.4, -0.2) is 60.0 Å². The average Bonchev–Trinajstić information content (AvgIpc) is 2.76. The molecule has 0 N–H and O–H groups in total. The van der Waals surface area contributed by atoms with Crippen molar-refractivity contribution in [2.75, 3.05) is 20.2 Å². The van der Waals surface area contributed by atoms with Gasteiger partial charge in [0.2, 0.25) is 5.91 Å². The maximum absolute atomic E-state index is 13.0. The number of carbonyl (C=O) groups is 2. The second-order valence-electron chi connectivity index (χ2n) is 7.24. The summed E-state index contributed by atoms with van der Waals surface area (Å²) >= 11 is 0. The van der Waals surface area contributed by atoms with Gasteiger partial charge in [-0.15, -0.1) is 0 Å². The molecule has 2 unspecified atom stereocenters. The fraction of sp³-hybridized carbons (Fsp3) is 0.889. The summed E-state index contributed by atoms with van der Waals surface area (Å²) in [4.78, 5) is 28.9. The topological polar surface area (TPSA) is 49.9 Å². The first-order valence-electron chi connectivity index (χ1n) is 9.10. The minimum absolute atomic E-state index is 0.124. The normalized spacial score (nSPS) is 27.3. The molecular formula is C18H32N2O3. The number of ether oxygens (including phenoxy) is 1. The fourth-order valence-electron chi connectivity index (χ4n) is 4.27. The highest BCUT2D eigenvalue weighted by molar-refractivity contribution is 5.80. The van der Waals surface area contributed by atoms with E-state index < -0.39 is 0 Å². The number of nitrogens with zero attached hydrogens (tertiary/aromatic N) is 2. The molecule has 0 aromatic heterocycles. The summed E-state index contributed by atoms with van der Waals surface area (Å²) in [5, 5.41) is 0. The molecule has 0 aromatic carbocycles. The minimum atomic E-state index is -0.249. The number of fused-ring (bicyclic) bond motifs is 2. The molecule has 0 aliphatic carbocycles. The molecule has 2 heterocycles. The molecule has 0 aromatic rings. The number of amides is 1. The van der Waals surface area contributed by atoms with E-state index in [4.69, 9.17) is 4.74 Å². The van der Waals surface area contributed by atoms with Crippen molar-refractivity contribution in [2.24, 2.45) is 5.92 Å². The lowest BCUT2D eigenvalue weighted by Gasteiger charge is -2.40. The first-order valence-corrected chi connectivity index (χ1v) is 9.10. The second kappa shape index (κ2) is 8.13. The van der Waals surface area contributed by atoms with Crippen LogP contribution in [0, 0.1) is 5.92 Å². The van der Waals surface area contributed by atoms with Crippen LogP contribution in [0.2, 0.25) is 0 Å². The largest absolute Gasteiger partial charge is 0.469 e. The van der Waals surface area contributed by atoms with Gasteiger partial charge < -0.3 is 9.64 Å². The van der Waals surface area contributed by atoms with Gasteiger partial charge in [-0.3, -0.25) is 14.5 Å². The van der Waals surface area contributed by atoms with Crippen molar-refractivity contribution in [3.05, 3.63) is 0 Å². The van der Waals surface area contributed by atoms with Crippen molar-refractivity contribution < 1.29 is 14.3 Å². The second-order valence-corrected chi connectivity index (χ2v) is 7.24. The Labute approximate surface area is 140 Å². The molecule has 23 heavy (non-hydrogen) atoms. The Morgan fingerprint density at radius 2 is 1.83 bits per heavy atom. The van der Waals surface area contributed by atoms with Crippen molar-refractivity contribution in [3.8, 4) is 0 Å². The monoisotopic (exact) mass is 324 g/mol. The van der Waals surface area contributed by atoms with Crippen LogP contribution >= 0.6 is 0 Å². The van der Waals surface area contributed by atoms with Gasteiger partial charge in [-0.05, 0) is 52.5 Å². The van der Waals surface area contributed by atoms with E-state index in [1.807, 2.05) is 18.7 Å². The van der Waals surface area contributed by atoms with E-state index >= 15 is 0 Å². The van der Waals surface area contributed by atoms with Crippen LogP contribution in [0.5, 0.6) is 0 Å². The molecule has 2 rings (SSSR count). The van der Waals surface area contributed by atoms with Crippen LogP contribution in [0.25, 0.3) is 0 Å². The standard InChI is InChI=1S/C18H32N2O3/c1-5-9-20-15-6-7-16(20)12-14(11-15)18(22)19(13(2)3)10-8-17(21)23-4/h13-16H,5-12H2,1-4H3. The number of rotatable bonds is 7. The van der Waals surface area contributed by atoms with E-state index in [1.165, 1.54) is 26.4 Å². The van der Waals surface area contributed by atoms with Crippen LogP contribution in [-0.2, 0) is 14.3 Å². The molecule has 1 amide bonds. The molecule has 5 nitrogen and oxygen atoms in total. The number of piperidine rings is 1. The van der Waals surface area contributed by atoms with Gasteiger partial charge >= 0.3 is 5.97 Å². The average molecular weight is 324 g/mol. The molecular weight excluding hydrogens is 292 g/mol. The SMILES string of the molecule is CCCN1C2CCC1CC(C(=O)N(CCC(=O)OC)C(C)C)C2. The van der Waals surface area contributed by atoms with Crippen LogP contribution in [0.15, 0.2) is 0 Å². The molecule has 2 fully saturated rings.